The van der Waals surface area contributed by atoms with Crippen LogP contribution in [0.15, 0.2) is 35.5 Å². The van der Waals surface area contributed by atoms with Gasteiger partial charge in [-0.15, -0.1) is 0 Å². The molecule has 10 heteroatoms. The summed E-state index contributed by atoms with van der Waals surface area (Å²) in [6, 6.07) is 5.92. The van der Waals surface area contributed by atoms with Crippen LogP contribution in [0.4, 0.5) is 0 Å². The predicted molar refractivity (Wildman–Crippen MR) is 227 cm³/mol. The Labute approximate surface area is 353 Å². The summed E-state index contributed by atoms with van der Waals surface area (Å²) in [5.41, 5.74) is 1.08. The van der Waals surface area contributed by atoms with Gasteiger partial charge in [0, 0.05) is 62.6 Å². The highest BCUT2D eigenvalue weighted by Gasteiger charge is 2.71. The van der Waals surface area contributed by atoms with Crippen molar-refractivity contribution in [3.05, 3.63) is 41.2 Å². The van der Waals surface area contributed by atoms with Crippen molar-refractivity contribution in [3.63, 3.8) is 0 Å². The first-order valence-corrected chi connectivity index (χ1v) is 22.9. The van der Waals surface area contributed by atoms with E-state index in [2.05, 4.69) is 58.4 Å². The molecule has 0 bridgehead atoms. The number of likely N-dealkylation sites (tertiary alicyclic amines) is 1. The Hall–Kier alpha value is -3.11. The maximum Gasteiger partial charge on any atom is 0.309 e. The van der Waals surface area contributed by atoms with Gasteiger partial charge < -0.3 is 19.8 Å². The lowest BCUT2D eigenvalue weighted by Gasteiger charge is -2.72. The van der Waals surface area contributed by atoms with Crippen LogP contribution in [-0.4, -0.2) is 87.0 Å². The molecule has 0 aromatic carbocycles. The van der Waals surface area contributed by atoms with Gasteiger partial charge >= 0.3 is 11.9 Å². The zero-order valence-electron chi connectivity index (χ0n) is 37.6. The maximum absolute atomic E-state index is 14.4. The van der Waals surface area contributed by atoms with E-state index in [0.29, 0.717) is 50.9 Å². The number of esters is 1. The van der Waals surface area contributed by atoms with E-state index in [-0.39, 0.29) is 57.7 Å². The predicted octanol–water partition coefficient (Wildman–Crippen LogP) is 8.26. The zero-order chi connectivity index (χ0) is 42.9. The molecule has 7 rings (SSSR count). The van der Waals surface area contributed by atoms with Gasteiger partial charge in [-0.3, -0.25) is 29.1 Å². The number of aromatic nitrogens is 1. The van der Waals surface area contributed by atoms with Crippen molar-refractivity contribution in [1.29, 1.82) is 0 Å². The Morgan fingerprint density at radius 1 is 0.983 bits per heavy atom. The van der Waals surface area contributed by atoms with E-state index in [0.717, 1.165) is 75.6 Å². The topological polar surface area (TPSA) is 137 Å². The number of carboxylic acid groups (broad SMARTS) is 1. The molecule has 2 heterocycles. The highest BCUT2D eigenvalue weighted by atomic mass is 16.5. The third kappa shape index (κ3) is 7.31. The average Bonchev–Trinajstić information content (AvgIpc) is 3.71. The van der Waals surface area contributed by atoms with E-state index in [1.54, 1.807) is 20.0 Å². The number of allylic oxidation sites excluding steroid dienone is 1. The van der Waals surface area contributed by atoms with Crippen molar-refractivity contribution >= 4 is 23.6 Å². The molecule has 2 N–H and O–H groups in total. The number of ketones is 1. The second kappa shape index (κ2) is 15.7. The van der Waals surface area contributed by atoms with Gasteiger partial charge in [0.2, 0.25) is 5.91 Å². The largest absolute Gasteiger partial charge is 0.481 e. The molecule has 1 aliphatic heterocycles. The van der Waals surface area contributed by atoms with E-state index >= 15 is 0 Å². The second-order valence-corrected chi connectivity index (χ2v) is 22.1. The minimum absolute atomic E-state index is 0.0113. The Kier molecular flexibility index (Phi) is 11.7. The first-order valence-electron chi connectivity index (χ1n) is 22.9. The third-order valence-electron chi connectivity index (χ3n) is 17.9. The van der Waals surface area contributed by atoms with E-state index < -0.39 is 28.9 Å². The number of Topliss-reactive ketones (excluding diaryl/α,β-unsaturated/α-hetero) is 1. The molecule has 9 atom stereocenters. The number of carbonyl (C=O) groups is 4. The molecular weight excluding hydrogens is 743 g/mol. The highest BCUT2D eigenvalue weighted by Crippen LogP contribution is 2.77. The van der Waals surface area contributed by atoms with Crippen molar-refractivity contribution in [2.45, 2.75) is 158 Å². The lowest BCUT2D eigenvalue weighted by Crippen LogP contribution is -2.66. The molecule has 1 saturated heterocycles. The first kappa shape index (κ1) is 44.0. The third-order valence-corrected chi connectivity index (χ3v) is 17.9. The summed E-state index contributed by atoms with van der Waals surface area (Å²) in [6.07, 6.45) is 10.1. The van der Waals surface area contributed by atoms with Crippen molar-refractivity contribution in [1.82, 2.24) is 14.8 Å². The van der Waals surface area contributed by atoms with Crippen LogP contribution in [0.1, 0.15) is 145 Å². The summed E-state index contributed by atoms with van der Waals surface area (Å²) >= 11 is 0. The normalized spacial score (nSPS) is 36.0. The molecule has 59 heavy (non-hydrogen) atoms. The molecule has 9 unspecified atom stereocenters. The number of carboxylic acids is 1. The van der Waals surface area contributed by atoms with Crippen LogP contribution in [0.3, 0.4) is 0 Å². The Balaban J connectivity index is 1.16. The van der Waals surface area contributed by atoms with E-state index in [4.69, 9.17) is 4.74 Å². The van der Waals surface area contributed by atoms with Crippen LogP contribution in [0, 0.1) is 56.2 Å². The van der Waals surface area contributed by atoms with Crippen LogP contribution in [0.5, 0.6) is 0 Å². The van der Waals surface area contributed by atoms with Gasteiger partial charge in [0.25, 0.3) is 0 Å². The molecule has 1 aromatic heterocycles. The number of rotatable bonds is 13. The molecular formula is C49H73N3O7. The minimum atomic E-state index is -1.18. The molecule has 0 radical (unpaired) electrons. The second-order valence-electron chi connectivity index (χ2n) is 22.1. The molecule has 0 spiro atoms. The molecule has 5 fully saturated rings. The van der Waals surface area contributed by atoms with Crippen LogP contribution >= 0.6 is 0 Å². The van der Waals surface area contributed by atoms with E-state index in [9.17, 15) is 29.4 Å². The monoisotopic (exact) mass is 816 g/mol. The van der Waals surface area contributed by atoms with Gasteiger partial charge in [-0.1, -0.05) is 60.1 Å². The van der Waals surface area contributed by atoms with E-state index in [1.165, 1.54) is 5.57 Å². The molecule has 10 nitrogen and oxygen atoms in total. The highest BCUT2D eigenvalue weighted by molar-refractivity contribution is 6.00. The summed E-state index contributed by atoms with van der Waals surface area (Å²) in [4.78, 5) is 60.8. The number of hydrogen-bond acceptors (Lipinski definition) is 8. The number of aliphatic hydroxyl groups excluding tert-OH is 1. The summed E-state index contributed by atoms with van der Waals surface area (Å²) in [7, 11) is 0. The lowest BCUT2D eigenvalue weighted by atomic mass is 9.33. The average molecular weight is 816 g/mol. The number of fused-ring (bicyclic) bond motifs is 7. The fraction of sp³-hybridized carbons (Fsp3) is 0.776. The van der Waals surface area contributed by atoms with Gasteiger partial charge in [0.05, 0.1) is 23.6 Å². The first-order chi connectivity index (χ1) is 27.6. The smallest absolute Gasteiger partial charge is 0.309 e. The van der Waals surface area contributed by atoms with Crippen LogP contribution in [0.25, 0.3) is 0 Å². The quantitative estimate of drug-likeness (QED) is 0.189. The fourth-order valence-electron chi connectivity index (χ4n) is 14.5. The Bertz CT molecular complexity index is 1840. The summed E-state index contributed by atoms with van der Waals surface area (Å²) in [5, 5.41) is 22.4. The maximum atomic E-state index is 14.4. The van der Waals surface area contributed by atoms with Crippen molar-refractivity contribution < 1.29 is 34.1 Å². The number of aliphatic hydroxyl groups is 1. The number of amides is 1. The van der Waals surface area contributed by atoms with Crippen LogP contribution in [0.2, 0.25) is 0 Å². The minimum Gasteiger partial charge on any atom is -0.481 e. The number of ether oxygens (including phenoxy) is 1. The molecule has 1 aromatic rings. The number of hydrogen-bond donors (Lipinski definition) is 2. The van der Waals surface area contributed by atoms with Crippen molar-refractivity contribution in [3.8, 4) is 0 Å². The summed E-state index contributed by atoms with van der Waals surface area (Å²) < 4.78 is 6.20. The van der Waals surface area contributed by atoms with Crippen LogP contribution in [-0.2, 0) is 30.5 Å². The fourth-order valence-corrected chi connectivity index (χ4v) is 14.5. The SMILES string of the molecule is CC(C)C1=C2C3CCC4C5(C)CCC(OC(=O)CC(C)(C)C(=O)O)C(C)(C)C5CCC4(C)C3(C)CCC2(C(O)CN(CCN2CCCC2=O)Cc2ccccn2)CC1=O. The number of nitrogens with zero attached hydrogens (tertiary/aromatic N) is 3. The Morgan fingerprint density at radius 3 is 2.37 bits per heavy atom. The van der Waals surface area contributed by atoms with E-state index in [1.807, 2.05) is 23.1 Å². The molecule has 1 amide bonds. The van der Waals surface area contributed by atoms with Crippen molar-refractivity contribution in [2.24, 2.45) is 56.2 Å². The molecule has 4 saturated carbocycles. The van der Waals surface area contributed by atoms with Crippen LogP contribution < -0.4 is 0 Å². The number of pyridine rings is 1. The van der Waals surface area contributed by atoms with Gasteiger partial charge in [0.15, 0.2) is 5.78 Å². The summed E-state index contributed by atoms with van der Waals surface area (Å²) in [5.74, 6) is 0.0501. The zero-order valence-corrected chi connectivity index (χ0v) is 37.6. The van der Waals surface area contributed by atoms with Crippen molar-refractivity contribution in [2.75, 3.05) is 26.2 Å². The van der Waals surface area contributed by atoms with Gasteiger partial charge in [-0.25, -0.2) is 0 Å². The van der Waals surface area contributed by atoms with Gasteiger partial charge in [-0.2, -0.15) is 0 Å². The molecule has 6 aliphatic rings. The standard InChI is InChI=1S/C49H73N3O7/c1-31(2)41-34(53)27-49(37(54)30-51(29-32-13-10-11-23-50-32)25-26-52-24-12-14-39(52)55)22-21-47(8)33(42(41)49)15-16-36-46(7)19-18-38(59-40(56)28-44(3,4)43(57)58)45(5,6)35(46)17-20-48(36,47)9/h10-11,13,23,31,33,35-38,54H,12,14-22,24-30H2,1-9H3,(H,57,58). The molecule has 5 aliphatic carbocycles. The molecule has 326 valence electrons. The lowest BCUT2D eigenvalue weighted by molar-refractivity contribution is -0.235. The number of aliphatic carboxylic acids is 1. The Morgan fingerprint density at radius 2 is 1.73 bits per heavy atom. The van der Waals surface area contributed by atoms with Gasteiger partial charge in [-0.05, 0) is 129 Å². The summed E-state index contributed by atoms with van der Waals surface area (Å²) in [6.45, 7) is 22.6. The number of carbonyl (C=O) groups excluding carboxylic acids is 3. The van der Waals surface area contributed by atoms with Gasteiger partial charge in [0.1, 0.15) is 6.10 Å².